The fraction of sp³-hybridized carbons (Fsp3) is 0.263. The quantitative estimate of drug-likeness (QED) is 0.769. The second kappa shape index (κ2) is 5.50. The number of rotatable bonds is 3. The van der Waals surface area contributed by atoms with Gasteiger partial charge in [0.2, 0.25) is 0 Å². The van der Waals surface area contributed by atoms with Gasteiger partial charge in [-0.3, -0.25) is 4.90 Å². The maximum Gasteiger partial charge on any atom is 0.115 e. The third-order valence-corrected chi connectivity index (χ3v) is 4.59. The van der Waals surface area contributed by atoms with E-state index in [-0.39, 0.29) is 0 Å². The van der Waals surface area contributed by atoms with Crippen LogP contribution in [0.4, 0.5) is 0 Å². The van der Waals surface area contributed by atoms with Crippen LogP contribution in [-0.2, 0) is 6.54 Å². The number of hydrogen-bond acceptors (Lipinski definition) is 2. The van der Waals surface area contributed by atoms with E-state index >= 15 is 0 Å². The molecule has 2 heterocycles. The van der Waals surface area contributed by atoms with Crippen molar-refractivity contribution in [3.63, 3.8) is 0 Å². The summed E-state index contributed by atoms with van der Waals surface area (Å²) in [4.78, 5) is 5.99. The number of nitrogens with zero attached hydrogens (tertiary/aromatic N) is 1. The first kappa shape index (κ1) is 13.4. The highest BCUT2D eigenvalue weighted by Gasteiger charge is 2.24. The highest BCUT2D eigenvalue weighted by molar-refractivity contribution is 5.80. The second-order valence-corrected chi connectivity index (χ2v) is 6.20. The van der Waals surface area contributed by atoms with E-state index in [1.165, 1.54) is 22.2 Å². The zero-order valence-corrected chi connectivity index (χ0v) is 12.5. The molecule has 1 atom stereocenters. The molecule has 1 unspecified atom stereocenters. The van der Waals surface area contributed by atoms with E-state index in [4.69, 9.17) is 0 Å². The molecule has 3 nitrogen and oxygen atoms in total. The largest absolute Gasteiger partial charge is 0.508 e. The SMILES string of the molecule is Oc1cccc(C2CCN(Cc3cc4ccccc4[nH]3)C2)c1. The first-order chi connectivity index (χ1) is 10.8. The topological polar surface area (TPSA) is 39.3 Å². The van der Waals surface area contributed by atoms with Crippen LogP contribution in [-0.4, -0.2) is 28.1 Å². The molecule has 0 aliphatic carbocycles. The van der Waals surface area contributed by atoms with E-state index in [9.17, 15) is 5.11 Å². The van der Waals surface area contributed by atoms with Crippen LogP contribution in [0.5, 0.6) is 5.75 Å². The molecule has 22 heavy (non-hydrogen) atoms. The van der Waals surface area contributed by atoms with Crippen LogP contribution in [0.1, 0.15) is 23.6 Å². The first-order valence-corrected chi connectivity index (χ1v) is 7.86. The summed E-state index contributed by atoms with van der Waals surface area (Å²) < 4.78 is 0. The van der Waals surface area contributed by atoms with Gasteiger partial charge in [0.1, 0.15) is 5.75 Å². The summed E-state index contributed by atoms with van der Waals surface area (Å²) in [6.45, 7) is 3.12. The Kier molecular flexibility index (Phi) is 3.35. The zero-order valence-electron chi connectivity index (χ0n) is 12.5. The Hall–Kier alpha value is -2.26. The molecule has 0 amide bonds. The number of likely N-dealkylation sites (tertiary alicyclic amines) is 1. The monoisotopic (exact) mass is 292 g/mol. The summed E-state index contributed by atoms with van der Waals surface area (Å²) in [5.74, 6) is 0.892. The van der Waals surface area contributed by atoms with E-state index in [0.717, 1.165) is 26.1 Å². The Morgan fingerprint density at radius 1 is 1.09 bits per heavy atom. The lowest BCUT2D eigenvalue weighted by Gasteiger charge is -2.15. The van der Waals surface area contributed by atoms with Crippen molar-refractivity contribution in [2.75, 3.05) is 13.1 Å². The Labute approximate surface area is 130 Å². The summed E-state index contributed by atoms with van der Waals surface area (Å²) >= 11 is 0. The van der Waals surface area contributed by atoms with Crippen molar-refractivity contribution < 1.29 is 5.11 Å². The van der Waals surface area contributed by atoms with Gasteiger partial charge < -0.3 is 10.1 Å². The van der Waals surface area contributed by atoms with Crippen molar-refractivity contribution in [3.8, 4) is 5.75 Å². The van der Waals surface area contributed by atoms with Gasteiger partial charge in [0, 0.05) is 24.3 Å². The van der Waals surface area contributed by atoms with E-state index in [1.54, 1.807) is 6.07 Å². The highest BCUT2D eigenvalue weighted by atomic mass is 16.3. The number of fused-ring (bicyclic) bond motifs is 1. The lowest BCUT2D eigenvalue weighted by molar-refractivity contribution is 0.323. The zero-order chi connectivity index (χ0) is 14.9. The summed E-state index contributed by atoms with van der Waals surface area (Å²) in [6, 6.07) is 18.4. The van der Waals surface area contributed by atoms with E-state index in [0.29, 0.717) is 11.7 Å². The number of para-hydroxylation sites is 1. The molecule has 112 valence electrons. The van der Waals surface area contributed by atoms with Crippen molar-refractivity contribution in [3.05, 3.63) is 65.9 Å². The molecular formula is C19H20N2O. The lowest BCUT2D eigenvalue weighted by Crippen LogP contribution is -2.19. The van der Waals surface area contributed by atoms with Gasteiger partial charge in [0.25, 0.3) is 0 Å². The van der Waals surface area contributed by atoms with E-state index < -0.39 is 0 Å². The molecule has 0 saturated carbocycles. The van der Waals surface area contributed by atoms with Gasteiger partial charge in [-0.2, -0.15) is 0 Å². The van der Waals surface area contributed by atoms with Crippen LogP contribution >= 0.6 is 0 Å². The predicted molar refractivity (Wildman–Crippen MR) is 89.0 cm³/mol. The number of hydrogen-bond donors (Lipinski definition) is 2. The van der Waals surface area contributed by atoms with Crippen LogP contribution < -0.4 is 0 Å². The van der Waals surface area contributed by atoms with Crippen molar-refractivity contribution in [1.82, 2.24) is 9.88 Å². The van der Waals surface area contributed by atoms with Crippen LogP contribution in [0.25, 0.3) is 10.9 Å². The number of aromatic amines is 1. The number of benzene rings is 2. The lowest BCUT2D eigenvalue weighted by atomic mass is 9.98. The van der Waals surface area contributed by atoms with Crippen molar-refractivity contribution in [2.24, 2.45) is 0 Å². The van der Waals surface area contributed by atoms with Gasteiger partial charge in [0.15, 0.2) is 0 Å². The normalized spacial score (nSPS) is 19.0. The third-order valence-electron chi connectivity index (χ3n) is 4.59. The van der Waals surface area contributed by atoms with Crippen molar-refractivity contribution in [2.45, 2.75) is 18.9 Å². The first-order valence-electron chi connectivity index (χ1n) is 7.86. The van der Waals surface area contributed by atoms with Gasteiger partial charge in [0.05, 0.1) is 0 Å². The van der Waals surface area contributed by atoms with E-state index in [1.807, 2.05) is 12.1 Å². The summed E-state index contributed by atoms with van der Waals surface area (Å²) in [5, 5.41) is 10.9. The average Bonchev–Trinajstić information content (AvgIpc) is 3.13. The van der Waals surface area contributed by atoms with Gasteiger partial charge >= 0.3 is 0 Å². The third kappa shape index (κ3) is 2.60. The fourth-order valence-electron chi connectivity index (χ4n) is 3.49. The minimum Gasteiger partial charge on any atom is -0.508 e. The highest BCUT2D eigenvalue weighted by Crippen LogP contribution is 2.30. The Morgan fingerprint density at radius 3 is 2.86 bits per heavy atom. The molecular weight excluding hydrogens is 272 g/mol. The number of nitrogens with one attached hydrogen (secondary N) is 1. The molecule has 2 aromatic carbocycles. The maximum atomic E-state index is 9.64. The van der Waals surface area contributed by atoms with Crippen LogP contribution in [0, 0.1) is 0 Å². The molecule has 1 aromatic heterocycles. The maximum absolute atomic E-state index is 9.64. The summed E-state index contributed by atoms with van der Waals surface area (Å²) in [6.07, 6.45) is 1.16. The van der Waals surface area contributed by atoms with Crippen LogP contribution in [0.15, 0.2) is 54.6 Å². The molecule has 1 fully saturated rings. The van der Waals surface area contributed by atoms with Crippen molar-refractivity contribution >= 4 is 10.9 Å². The minimum atomic E-state index is 0.367. The average molecular weight is 292 g/mol. The Bertz CT molecular complexity index is 760. The molecule has 3 aromatic rings. The molecule has 0 spiro atoms. The standard InChI is InChI=1S/C19H20N2O/c22-18-6-3-5-14(11-18)16-8-9-21(12-16)13-17-10-15-4-1-2-7-19(15)20-17/h1-7,10-11,16,20,22H,8-9,12-13H2. The van der Waals surface area contributed by atoms with Gasteiger partial charge in [-0.15, -0.1) is 0 Å². The Morgan fingerprint density at radius 2 is 2.00 bits per heavy atom. The van der Waals surface area contributed by atoms with Gasteiger partial charge in [-0.05, 0) is 54.1 Å². The van der Waals surface area contributed by atoms with Crippen LogP contribution in [0.3, 0.4) is 0 Å². The molecule has 4 rings (SSSR count). The number of aromatic hydroxyl groups is 1. The van der Waals surface area contributed by atoms with Crippen LogP contribution in [0.2, 0.25) is 0 Å². The van der Waals surface area contributed by atoms with Crippen molar-refractivity contribution in [1.29, 1.82) is 0 Å². The number of aromatic nitrogens is 1. The summed E-state index contributed by atoms with van der Waals surface area (Å²) in [7, 11) is 0. The minimum absolute atomic E-state index is 0.367. The predicted octanol–water partition coefficient (Wildman–Crippen LogP) is 3.86. The molecule has 1 aliphatic rings. The summed E-state index contributed by atoms with van der Waals surface area (Å²) in [5.41, 5.74) is 3.73. The Balaban J connectivity index is 1.46. The molecule has 0 bridgehead atoms. The number of phenols is 1. The van der Waals surface area contributed by atoms with Gasteiger partial charge in [-0.1, -0.05) is 30.3 Å². The second-order valence-electron chi connectivity index (χ2n) is 6.20. The number of phenolic OH excluding ortho intramolecular Hbond substituents is 1. The molecule has 2 N–H and O–H groups in total. The van der Waals surface area contributed by atoms with E-state index in [2.05, 4.69) is 46.3 Å². The molecule has 0 radical (unpaired) electrons. The molecule has 1 saturated heterocycles. The molecule has 1 aliphatic heterocycles. The molecule has 3 heteroatoms. The van der Waals surface area contributed by atoms with Gasteiger partial charge in [-0.25, -0.2) is 0 Å². The number of H-pyrrole nitrogens is 1. The fourth-order valence-corrected chi connectivity index (χ4v) is 3.49. The smallest absolute Gasteiger partial charge is 0.115 e.